The fourth-order valence-electron chi connectivity index (χ4n) is 4.84. The zero-order valence-electron chi connectivity index (χ0n) is 16.4. The van der Waals surface area contributed by atoms with Crippen LogP contribution >= 0.6 is 0 Å². The minimum Gasteiger partial charge on any atom is -0.598 e. The molecule has 1 spiro atoms. The van der Waals surface area contributed by atoms with Crippen molar-refractivity contribution in [2.45, 2.75) is 76.0 Å². The molecule has 0 radical (unpaired) electrons. The Kier molecular flexibility index (Phi) is 4.98. The third kappa shape index (κ3) is 3.87. The molecule has 2 aliphatic rings. The van der Waals surface area contributed by atoms with Crippen LogP contribution in [-0.4, -0.2) is 20.3 Å². The molecule has 1 atom stereocenters. The van der Waals surface area contributed by atoms with Gasteiger partial charge in [-0.2, -0.15) is 0 Å². The number of rotatable bonds is 3. The average molecular weight is 389 g/mol. The van der Waals surface area contributed by atoms with E-state index in [1.54, 1.807) is 12.1 Å². The van der Waals surface area contributed by atoms with Crippen LogP contribution in [0.1, 0.15) is 70.8 Å². The Labute approximate surface area is 164 Å². The average Bonchev–Trinajstić information content (AvgIpc) is 2.59. The van der Waals surface area contributed by atoms with E-state index in [-0.39, 0.29) is 10.6 Å². The van der Waals surface area contributed by atoms with Gasteiger partial charge in [-0.3, -0.25) is 4.98 Å². The SMILES string of the molecule is CC(C)(C)[S+]([O-])NC1CC2(CCC(c3ccnc4ccc(F)cc34)CC2)C1. The van der Waals surface area contributed by atoms with Gasteiger partial charge in [0.25, 0.3) is 0 Å². The molecular formula is C22H29FN2OS. The quantitative estimate of drug-likeness (QED) is 0.732. The van der Waals surface area contributed by atoms with E-state index in [0.29, 0.717) is 17.4 Å². The molecule has 5 heteroatoms. The molecule has 2 aliphatic carbocycles. The first kappa shape index (κ1) is 19.2. The Balaban J connectivity index is 1.39. The molecule has 27 heavy (non-hydrogen) atoms. The summed E-state index contributed by atoms with van der Waals surface area (Å²) >= 11 is -0.984. The standard InChI is InChI=1S/C22H29FN2OS/c1-21(2,3)27(26)25-17-13-22(14-17)9-6-15(7-10-22)18-8-11-24-20-5-4-16(23)12-19(18)20/h4-5,8,11-12,15,17,25H,6-7,9-10,13-14H2,1-3H3. The highest BCUT2D eigenvalue weighted by molar-refractivity contribution is 7.90. The Hall–Kier alpha value is -1.17. The molecule has 0 aliphatic heterocycles. The first-order valence-corrected chi connectivity index (χ1v) is 11.1. The molecule has 0 bridgehead atoms. The normalized spacial score (nSPS) is 29.7. The van der Waals surface area contributed by atoms with Gasteiger partial charge in [0.15, 0.2) is 0 Å². The van der Waals surface area contributed by atoms with Gasteiger partial charge in [0.05, 0.1) is 11.6 Å². The van der Waals surface area contributed by atoms with Crippen molar-refractivity contribution >= 4 is 22.3 Å². The molecule has 3 nitrogen and oxygen atoms in total. The summed E-state index contributed by atoms with van der Waals surface area (Å²) in [5.41, 5.74) is 2.55. The van der Waals surface area contributed by atoms with Crippen molar-refractivity contribution in [3.63, 3.8) is 0 Å². The smallest absolute Gasteiger partial charge is 0.136 e. The lowest BCUT2D eigenvalue weighted by atomic mass is 9.56. The molecule has 146 valence electrons. The lowest BCUT2D eigenvalue weighted by molar-refractivity contribution is 0.0417. The van der Waals surface area contributed by atoms with Crippen LogP contribution in [0.2, 0.25) is 0 Å². The lowest BCUT2D eigenvalue weighted by Gasteiger charge is -2.51. The fraction of sp³-hybridized carbons (Fsp3) is 0.591. The van der Waals surface area contributed by atoms with Crippen molar-refractivity contribution in [3.05, 3.63) is 41.8 Å². The van der Waals surface area contributed by atoms with E-state index < -0.39 is 11.4 Å². The van der Waals surface area contributed by atoms with Gasteiger partial charge in [0.1, 0.15) is 10.6 Å². The Morgan fingerprint density at radius 1 is 1.19 bits per heavy atom. The van der Waals surface area contributed by atoms with E-state index in [1.807, 2.05) is 27.0 Å². The number of nitrogens with zero attached hydrogens (tertiary/aromatic N) is 1. The number of pyridine rings is 1. The molecule has 2 aromatic rings. The molecule has 1 aromatic carbocycles. The summed E-state index contributed by atoms with van der Waals surface area (Å²) in [6, 6.07) is 7.35. The highest BCUT2D eigenvalue weighted by Crippen LogP contribution is 2.55. The minimum absolute atomic E-state index is 0.191. The third-order valence-electron chi connectivity index (χ3n) is 6.41. The van der Waals surface area contributed by atoms with Crippen molar-refractivity contribution in [1.82, 2.24) is 9.71 Å². The van der Waals surface area contributed by atoms with Crippen LogP contribution in [-0.2, 0) is 11.4 Å². The number of hydrogen-bond donors (Lipinski definition) is 1. The molecule has 1 aromatic heterocycles. The Morgan fingerprint density at radius 3 is 2.56 bits per heavy atom. The number of aromatic nitrogens is 1. The van der Waals surface area contributed by atoms with Gasteiger partial charge < -0.3 is 4.55 Å². The molecule has 1 heterocycles. The van der Waals surface area contributed by atoms with Gasteiger partial charge in [-0.15, -0.1) is 4.72 Å². The minimum atomic E-state index is -0.984. The first-order valence-electron chi connectivity index (χ1n) is 9.98. The van der Waals surface area contributed by atoms with Gasteiger partial charge in [0, 0.05) is 22.9 Å². The van der Waals surface area contributed by atoms with E-state index in [4.69, 9.17) is 0 Å². The highest BCUT2D eigenvalue weighted by atomic mass is 32.2. The number of nitrogens with one attached hydrogen (secondary N) is 1. The van der Waals surface area contributed by atoms with Gasteiger partial charge in [-0.25, -0.2) is 4.39 Å². The second-order valence-electron chi connectivity index (χ2n) is 9.44. The monoisotopic (exact) mass is 388 g/mol. The number of benzene rings is 1. The Bertz CT molecular complexity index is 819. The maximum Gasteiger partial charge on any atom is 0.136 e. The molecule has 1 unspecified atom stereocenters. The molecule has 0 saturated heterocycles. The largest absolute Gasteiger partial charge is 0.598 e. The van der Waals surface area contributed by atoms with E-state index in [2.05, 4.69) is 15.8 Å². The third-order valence-corrected chi connectivity index (χ3v) is 8.07. The van der Waals surface area contributed by atoms with Crippen LogP contribution in [0.15, 0.2) is 30.5 Å². The van der Waals surface area contributed by atoms with Gasteiger partial charge >= 0.3 is 0 Å². The number of halogens is 1. The lowest BCUT2D eigenvalue weighted by Crippen LogP contribution is -2.54. The second kappa shape index (κ2) is 7.02. The molecule has 2 fully saturated rings. The summed E-state index contributed by atoms with van der Waals surface area (Å²) in [7, 11) is 0. The van der Waals surface area contributed by atoms with Crippen LogP contribution in [0.25, 0.3) is 10.9 Å². The van der Waals surface area contributed by atoms with Gasteiger partial charge in [0.2, 0.25) is 0 Å². The molecule has 2 saturated carbocycles. The predicted molar refractivity (Wildman–Crippen MR) is 109 cm³/mol. The Morgan fingerprint density at radius 2 is 1.89 bits per heavy atom. The van der Waals surface area contributed by atoms with Crippen molar-refractivity contribution in [3.8, 4) is 0 Å². The van der Waals surface area contributed by atoms with Crippen molar-refractivity contribution in [1.29, 1.82) is 0 Å². The van der Waals surface area contributed by atoms with Crippen LogP contribution in [0.5, 0.6) is 0 Å². The molecular weight excluding hydrogens is 359 g/mol. The fourth-order valence-corrected chi connectivity index (χ4v) is 5.67. The molecule has 4 rings (SSSR count). The van der Waals surface area contributed by atoms with E-state index >= 15 is 0 Å². The summed E-state index contributed by atoms with van der Waals surface area (Å²) in [5.74, 6) is 0.294. The van der Waals surface area contributed by atoms with Crippen molar-refractivity contribution in [2.24, 2.45) is 5.41 Å². The summed E-state index contributed by atoms with van der Waals surface area (Å²) in [6.07, 6.45) is 8.81. The van der Waals surface area contributed by atoms with E-state index in [9.17, 15) is 8.94 Å². The zero-order chi connectivity index (χ0) is 19.2. The summed E-state index contributed by atoms with van der Waals surface area (Å²) < 4.78 is 29.1. The highest BCUT2D eigenvalue weighted by Gasteiger charge is 2.48. The van der Waals surface area contributed by atoms with Crippen molar-refractivity contribution in [2.75, 3.05) is 0 Å². The van der Waals surface area contributed by atoms with Crippen LogP contribution < -0.4 is 4.72 Å². The number of hydrogen-bond acceptors (Lipinski definition) is 3. The van der Waals surface area contributed by atoms with Crippen molar-refractivity contribution < 1.29 is 8.94 Å². The molecule has 0 amide bonds. The van der Waals surface area contributed by atoms with Crippen LogP contribution in [0.3, 0.4) is 0 Å². The summed E-state index contributed by atoms with van der Waals surface area (Å²) in [6.45, 7) is 6.03. The maximum absolute atomic E-state index is 13.7. The van der Waals surface area contributed by atoms with Crippen LogP contribution in [0, 0.1) is 11.2 Å². The van der Waals surface area contributed by atoms with Crippen LogP contribution in [0.4, 0.5) is 4.39 Å². The van der Waals surface area contributed by atoms with E-state index in [1.165, 1.54) is 24.5 Å². The second-order valence-corrected chi connectivity index (χ2v) is 11.4. The molecule has 1 N–H and O–H groups in total. The van der Waals surface area contributed by atoms with Gasteiger partial charge in [-0.05, 0) is 100 Å². The number of fused-ring (bicyclic) bond motifs is 1. The van der Waals surface area contributed by atoms with Gasteiger partial charge in [-0.1, -0.05) is 0 Å². The first-order chi connectivity index (χ1) is 12.8. The van der Waals surface area contributed by atoms with E-state index in [0.717, 1.165) is 36.6 Å². The zero-order valence-corrected chi connectivity index (χ0v) is 17.2. The summed E-state index contributed by atoms with van der Waals surface area (Å²) in [5, 5.41) is 0.965. The maximum atomic E-state index is 13.7. The topological polar surface area (TPSA) is 48.0 Å². The predicted octanol–water partition coefficient (Wildman–Crippen LogP) is 5.23. The summed E-state index contributed by atoms with van der Waals surface area (Å²) in [4.78, 5) is 4.39.